The monoisotopic (exact) mass is 393 g/mol. The molecule has 5 nitrogen and oxygen atoms in total. The fourth-order valence-corrected chi connectivity index (χ4v) is 3.13. The van der Waals surface area contributed by atoms with Gasteiger partial charge in [0.05, 0.1) is 30.4 Å². The first-order valence-electron chi connectivity index (χ1n) is 9.04. The fraction of sp³-hybridized carbons (Fsp3) is 0.400. The standard InChI is InChI=1S/C20H22F3N3O2/c1-14-2-3-16(12-24-14)19(27)25-13-18(26-8-10-28-11-9-26)15-4-6-17(7-5-15)20(21,22)23/h2-7,12,18H,8-11,13H2,1H3,(H,25,27). The molecule has 1 saturated heterocycles. The number of ether oxygens (including phenoxy) is 1. The molecule has 2 heterocycles. The minimum Gasteiger partial charge on any atom is -0.379 e. The number of nitrogens with one attached hydrogen (secondary N) is 1. The van der Waals surface area contributed by atoms with Gasteiger partial charge in [0.15, 0.2) is 0 Å². The quantitative estimate of drug-likeness (QED) is 0.848. The molecule has 1 unspecified atom stereocenters. The van der Waals surface area contributed by atoms with Gasteiger partial charge in [-0.3, -0.25) is 14.7 Å². The Morgan fingerprint density at radius 2 is 1.86 bits per heavy atom. The van der Waals surface area contributed by atoms with Crippen molar-refractivity contribution in [3.8, 4) is 0 Å². The summed E-state index contributed by atoms with van der Waals surface area (Å²) in [5.74, 6) is -0.266. The fourth-order valence-electron chi connectivity index (χ4n) is 3.13. The number of hydrogen-bond acceptors (Lipinski definition) is 4. The Balaban J connectivity index is 1.75. The molecule has 1 atom stereocenters. The van der Waals surface area contributed by atoms with Crippen molar-refractivity contribution in [1.82, 2.24) is 15.2 Å². The van der Waals surface area contributed by atoms with E-state index in [1.807, 2.05) is 6.92 Å². The Labute approximate surface area is 161 Å². The third-order valence-electron chi connectivity index (χ3n) is 4.74. The van der Waals surface area contributed by atoms with Crippen molar-refractivity contribution < 1.29 is 22.7 Å². The summed E-state index contributed by atoms with van der Waals surface area (Å²) >= 11 is 0. The van der Waals surface area contributed by atoms with Crippen LogP contribution in [0.2, 0.25) is 0 Å². The summed E-state index contributed by atoms with van der Waals surface area (Å²) in [6.45, 7) is 4.50. The number of carbonyl (C=O) groups is 1. The molecule has 3 rings (SSSR count). The van der Waals surface area contributed by atoms with E-state index in [4.69, 9.17) is 4.74 Å². The Bertz CT molecular complexity index is 786. The zero-order chi connectivity index (χ0) is 20.1. The highest BCUT2D eigenvalue weighted by molar-refractivity contribution is 5.93. The topological polar surface area (TPSA) is 54.5 Å². The Kier molecular flexibility index (Phi) is 6.31. The maximum Gasteiger partial charge on any atom is 0.416 e. The number of aryl methyl sites for hydroxylation is 1. The molecule has 28 heavy (non-hydrogen) atoms. The number of benzene rings is 1. The van der Waals surface area contributed by atoms with E-state index >= 15 is 0 Å². The molecule has 0 aliphatic carbocycles. The first-order valence-corrected chi connectivity index (χ1v) is 9.04. The number of hydrogen-bond donors (Lipinski definition) is 1. The van der Waals surface area contributed by atoms with Gasteiger partial charge in [-0.25, -0.2) is 0 Å². The second-order valence-corrected chi connectivity index (χ2v) is 6.68. The zero-order valence-corrected chi connectivity index (χ0v) is 15.5. The Hall–Kier alpha value is -2.45. The molecule has 1 amide bonds. The lowest BCUT2D eigenvalue weighted by Gasteiger charge is -2.35. The number of morpholine rings is 1. The second-order valence-electron chi connectivity index (χ2n) is 6.68. The van der Waals surface area contributed by atoms with Crippen LogP contribution in [0.5, 0.6) is 0 Å². The van der Waals surface area contributed by atoms with Crippen LogP contribution >= 0.6 is 0 Å². The van der Waals surface area contributed by atoms with E-state index in [1.54, 1.807) is 12.1 Å². The summed E-state index contributed by atoms with van der Waals surface area (Å²) in [6.07, 6.45) is -2.87. The molecule has 150 valence electrons. The van der Waals surface area contributed by atoms with E-state index in [1.165, 1.54) is 18.3 Å². The average molecular weight is 393 g/mol. The number of carbonyl (C=O) groups excluding carboxylic acids is 1. The van der Waals surface area contributed by atoms with Gasteiger partial charge in [-0.05, 0) is 36.8 Å². The summed E-state index contributed by atoms with van der Waals surface area (Å²) in [5, 5.41) is 2.88. The summed E-state index contributed by atoms with van der Waals surface area (Å²) < 4.78 is 43.9. The summed E-state index contributed by atoms with van der Waals surface area (Å²) in [7, 11) is 0. The molecule has 1 N–H and O–H groups in total. The van der Waals surface area contributed by atoms with Crippen molar-refractivity contribution in [3.63, 3.8) is 0 Å². The normalized spacial score (nSPS) is 16.6. The number of halogens is 3. The van der Waals surface area contributed by atoms with Crippen LogP contribution in [0.25, 0.3) is 0 Å². The van der Waals surface area contributed by atoms with Gasteiger partial charge in [0.1, 0.15) is 0 Å². The molecular weight excluding hydrogens is 371 g/mol. The highest BCUT2D eigenvalue weighted by atomic mass is 19.4. The van der Waals surface area contributed by atoms with Crippen LogP contribution in [-0.2, 0) is 10.9 Å². The lowest BCUT2D eigenvalue weighted by Crippen LogP contribution is -2.43. The van der Waals surface area contributed by atoms with E-state index in [9.17, 15) is 18.0 Å². The Morgan fingerprint density at radius 1 is 1.18 bits per heavy atom. The molecule has 2 aromatic rings. The number of rotatable bonds is 5. The van der Waals surface area contributed by atoms with E-state index < -0.39 is 11.7 Å². The van der Waals surface area contributed by atoms with E-state index in [0.717, 1.165) is 23.4 Å². The van der Waals surface area contributed by atoms with Gasteiger partial charge in [-0.15, -0.1) is 0 Å². The maximum atomic E-state index is 12.9. The highest BCUT2D eigenvalue weighted by Gasteiger charge is 2.31. The molecule has 0 spiro atoms. The highest BCUT2D eigenvalue weighted by Crippen LogP contribution is 2.31. The van der Waals surface area contributed by atoms with Crippen molar-refractivity contribution in [2.75, 3.05) is 32.8 Å². The number of nitrogens with zero attached hydrogens (tertiary/aromatic N) is 2. The van der Waals surface area contributed by atoms with Crippen LogP contribution in [0.1, 0.15) is 33.2 Å². The number of alkyl halides is 3. The summed E-state index contributed by atoms with van der Waals surface area (Å²) in [4.78, 5) is 18.6. The lowest BCUT2D eigenvalue weighted by molar-refractivity contribution is -0.137. The van der Waals surface area contributed by atoms with Crippen LogP contribution < -0.4 is 5.32 Å². The van der Waals surface area contributed by atoms with Gasteiger partial charge in [0.2, 0.25) is 0 Å². The molecule has 1 aliphatic rings. The molecule has 1 aliphatic heterocycles. The predicted octanol–water partition coefficient (Wildman–Crippen LogP) is 3.21. The van der Waals surface area contributed by atoms with E-state index in [-0.39, 0.29) is 18.5 Å². The van der Waals surface area contributed by atoms with Crippen molar-refractivity contribution >= 4 is 5.91 Å². The molecule has 8 heteroatoms. The first kappa shape index (κ1) is 20.3. The van der Waals surface area contributed by atoms with Crippen molar-refractivity contribution in [2.24, 2.45) is 0 Å². The largest absolute Gasteiger partial charge is 0.416 e. The van der Waals surface area contributed by atoms with Crippen LogP contribution in [0.15, 0.2) is 42.6 Å². The molecule has 1 aromatic carbocycles. The van der Waals surface area contributed by atoms with Crippen LogP contribution in [-0.4, -0.2) is 48.6 Å². The zero-order valence-electron chi connectivity index (χ0n) is 15.5. The smallest absolute Gasteiger partial charge is 0.379 e. The van der Waals surface area contributed by atoms with E-state index in [2.05, 4.69) is 15.2 Å². The summed E-state index contributed by atoms with van der Waals surface area (Å²) in [5.41, 5.74) is 1.29. The lowest BCUT2D eigenvalue weighted by atomic mass is 10.0. The van der Waals surface area contributed by atoms with Crippen molar-refractivity contribution in [2.45, 2.75) is 19.1 Å². The van der Waals surface area contributed by atoms with Gasteiger partial charge in [-0.1, -0.05) is 12.1 Å². The van der Waals surface area contributed by atoms with Gasteiger partial charge in [-0.2, -0.15) is 13.2 Å². The number of pyridine rings is 1. The third kappa shape index (κ3) is 5.08. The predicted molar refractivity (Wildman–Crippen MR) is 97.9 cm³/mol. The molecule has 0 saturated carbocycles. The SMILES string of the molecule is Cc1ccc(C(=O)NCC(c2ccc(C(F)(F)F)cc2)N2CCOCC2)cn1. The average Bonchev–Trinajstić information content (AvgIpc) is 2.69. The number of aromatic nitrogens is 1. The third-order valence-corrected chi connectivity index (χ3v) is 4.74. The maximum absolute atomic E-state index is 12.9. The van der Waals surface area contributed by atoms with Gasteiger partial charge in [0, 0.05) is 31.5 Å². The van der Waals surface area contributed by atoms with E-state index in [0.29, 0.717) is 31.9 Å². The van der Waals surface area contributed by atoms with Gasteiger partial charge < -0.3 is 10.1 Å². The van der Waals surface area contributed by atoms with Crippen LogP contribution in [0, 0.1) is 6.92 Å². The molecule has 1 fully saturated rings. The summed E-state index contributed by atoms with van der Waals surface area (Å²) in [6, 6.07) is 8.31. The number of amides is 1. The second kappa shape index (κ2) is 8.70. The molecule has 0 bridgehead atoms. The molecule has 1 aromatic heterocycles. The van der Waals surface area contributed by atoms with Crippen molar-refractivity contribution in [1.29, 1.82) is 0 Å². The van der Waals surface area contributed by atoms with Crippen molar-refractivity contribution in [3.05, 3.63) is 65.0 Å². The van der Waals surface area contributed by atoms with Crippen LogP contribution in [0.4, 0.5) is 13.2 Å². The Morgan fingerprint density at radius 3 is 2.43 bits per heavy atom. The van der Waals surface area contributed by atoms with Gasteiger partial charge in [0.25, 0.3) is 5.91 Å². The van der Waals surface area contributed by atoms with Gasteiger partial charge >= 0.3 is 6.18 Å². The van der Waals surface area contributed by atoms with Crippen LogP contribution in [0.3, 0.4) is 0 Å². The first-order chi connectivity index (χ1) is 13.3. The minimum atomic E-state index is -4.38. The molecular formula is C20H22F3N3O2. The molecule has 0 radical (unpaired) electrons. The minimum absolute atomic E-state index is 0.242.